The maximum atomic E-state index is 12.6. The number of rotatable bonds is 5. The predicted molar refractivity (Wildman–Crippen MR) is 101 cm³/mol. The highest BCUT2D eigenvalue weighted by atomic mass is 32.2. The Morgan fingerprint density at radius 1 is 0.897 bits per heavy atom. The van der Waals surface area contributed by atoms with Crippen LogP contribution in [0.15, 0.2) is 77.8 Å². The van der Waals surface area contributed by atoms with Crippen LogP contribution in [0.4, 0.5) is 24.7 Å². The number of benzene rings is 2. The smallest absolute Gasteiger partial charge is 0.322 e. The lowest BCUT2D eigenvalue weighted by molar-refractivity contribution is -0.137. The van der Waals surface area contributed by atoms with Crippen molar-refractivity contribution in [2.24, 2.45) is 0 Å². The van der Waals surface area contributed by atoms with Crippen molar-refractivity contribution in [3.05, 3.63) is 84.1 Å². The Labute approximate surface area is 164 Å². The Morgan fingerprint density at radius 2 is 1.55 bits per heavy atom. The predicted octanol–water partition coefficient (Wildman–Crippen LogP) is 4.15. The summed E-state index contributed by atoms with van der Waals surface area (Å²) in [6.07, 6.45) is -3.04. The van der Waals surface area contributed by atoms with E-state index in [2.05, 4.69) is 15.0 Å². The zero-order valence-corrected chi connectivity index (χ0v) is 15.5. The van der Waals surface area contributed by atoms with E-state index in [-0.39, 0.29) is 22.0 Å². The van der Waals surface area contributed by atoms with Crippen molar-refractivity contribution in [2.45, 2.75) is 11.1 Å². The van der Waals surface area contributed by atoms with E-state index in [1.165, 1.54) is 36.5 Å². The summed E-state index contributed by atoms with van der Waals surface area (Å²) in [6.45, 7) is 0. The monoisotopic (exact) mass is 421 g/mol. The number of nitrogens with zero attached hydrogens (tertiary/aromatic N) is 1. The molecule has 0 spiro atoms. The summed E-state index contributed by atoms with van der Waals surface area (Å²) in [4.78, 5) is 16.0. The van der Waals surface area contributed by atoms with Gasteiger partial charge in [0.05, 0.1) is 10.5 Å². The van der Waals surface area contributed by atoms with Gasteiger partial charge in [-0.1, -0.05) is 6.07 Å². The zero-order valence-electron chi connectivity index (χ0n) is 14.6. The van der Waals surface area contributed by atoms with Gasteiger partial charge >= 0.3 is 6.18 Å². The third-order valence-electron chi connectivity index (χ3n) is 3.80. The van der Waals surface area contributed by atoms with Gasteiger partial charge in [0.2, 0.25) is 0 Å². The summed E-state index contributed by atoms with van der Waals surface area (Å²) in [5.41, 5.74) is -0.540. The molecule has 0 saturated heterocycles. The summed E-state index contributed by atoms with van der Waals surface area (Å²) in [5, 5.41) is 2.50. The van der Waals surface area contributed by atoms with Crippen molar-refractivity contribution in [1.82, 2.24) is 4.98 Å². The van der Waals surface area contributed by atoms with E-state index in [4.69, 9.17) is 0 Å². The molecule has 29 heavy (non-hydrogen) atoms. The molecule has 6 nitrogen and oxygen atoms in total. The van der Waals surface area contributed by atoms with E-state index in [1.54, 1.807) is 12.1 Å². The van der Waals surface area contributed by atoms with Crippen molar-refractivity contribution < 1.29 is 26.4 Å². The van der Waals surface area contributed by atoms with Crippen molar-refractivity contribution in [3.63, 3.8) is 0 Å². The standard InChI is InChI=1S/C19H14F3N3O3S/c20-19(21,22)14-6-4-13(5-7-14)18(26)24-15-8-10-16(11-9-15)29(27,28)25-17-3-1-2-12-23-17/h1-12H,(H,23,25)(H,24,26). The van der Waals surface area contributed by atoms with Crippen molar-refractivity contribution >= 4 is 27.4 Å². The van der Waals surface area contributed by atoms with Crippen LogP contribution in [0.1, 0.15) is 15.9 Å². The Bertz CT molecular complexity index is 1100. The maximum absolute atomic E-state index is 12.6. The van der Waals surface area contributed by atoms with E-state index in [1.807, 2.05) is 0 Å². The minimum Gasteiger partial charge on any atom is -0.322 e. The van der Waals surface area contributed by atoms with Crippen molar-refractivity contribution in [3.8, 4) is 0 Å². The number of sulfonamides is 1. The van der Waals surface area contributed by atoms with Gasteiger partial charge in [0.15, 0.2) is 0 Å². The van der Waals surface area contributed by atoms with E-state index >= 15 is 0 Å². The Morgan fingerprint density at radius 3 is 2.10 bits per heavy atom. The molecule has 0 radical (unpaired) electrons. The first-order valence-corrected chi connectivity index (χ1v) is 9.66. The fraction of sp³-hybridized carbons (Fsp3) is 0.0526. The Kier molecular flexibility index (Phi) is 5.55. The van der Waals surface area contributed by atoms with Crippen LogP contribution in [-0.4, -0.2) is 19.3 Å². The SMILES string of the molecule is O=C(Nc1ccc(S(=O)(=O)Nc2ccccn2)cc1)c1ccc(C(F)(F)F)cc1. The summed E-state index contributed by atoms with van der Waals surface area (Å²) < 4.78 is 64.7. The fourth-order valence-electron chi connectivity index (χ4n) is 2.35. The second-order valence-electron chi connectivity index (χ2n) is 5.87. The lowest BCUT2D eigenvalue weighted by atomic mass is 10.1. The summed E-state index contributed by atoms with van der Waals surface area (Å²) >= 11 is 0. The number of hydrogen-bond acceptors (Lipinski definition) is 4. The van der Waals surface area contributed by atoms with Gasteiger partial charge in [-0.3, -0.25) is 9.52 Å². The number of hydrogen-bond donors (Lipinski definition) is 2. The zero-order chi connectivity index (χ0) is 21.1. The molecule has 0 aliphatic heterocycles. The second-order valence-corrected chi connectivity index (χ2v) is 7.56. The highest BCUT2D eigenvalue weighted by Crippen LogP contribution is 2.29. The first kappa shape index (κ1) is 20.3. The lowest BCUT2D eigenvalue weighted by Gasteiger charge is -2.10. The molecule has 0 unspecified atom stereocenters. The van der Waals surface area contributed by atoms with E-state index in [0.717, 1.165) is 24.3 Å². The average molecular weight is 421 g/mol. The molecule has 3 aromatic rings. The summed E-state index contributed by atoms with van der Waals surface area (Å²) in [7, 11) is -3.86. The van der Waals surface area contributed by atoms with Gasteiger partial charge < -0.3 is 5.32 Å². The van der Waals surface area contributed by atoms with Crippen LogP contribution in [0.5, 0.6) is 0 Å². The van der Waals surface area contributed by atoms with Crippen LogP contribution in [0.3, 0.4) is 0 Å². The molecule has 2 N–H and O–H groups in total. The van der Waals surface area contributed by atoms with Gasteiger partial charge in [0.25, 0.3) is 15.9 Å². The normalized spacial score (nSPS) is 11.7. The molecule has 1 aromatic heterocycles. The molecule has 0 fully saturated rings. The molecule has 1 amide bonds. The molecule has 2 aromatic carbocycles. The van der Waals surface area contributed by atoms with Crippen LogP contribution in [-0.2, 0) is 16.2 Å². The molecule has 150 valence electrons. The van der Waals surface area contributed by atoms with Gasteiger partial charge in [-0.25, -0.2) is 13.4 Å². The van der Waals surface area contributed by atoms with E-state index < -0.39 is 27.7 Å². The topological polar surface area (TPSA) is 88.2 Å². The number of carbonyl (C=O) groups excluding carboxylic acids is 1. The largest absolute Gasteiger partial charge is 0.416 e. The van der Waals surface area contributed by atoms with Gasteiger partial charge in [0, 0.05) is 17.4 Å². The number of anilines is 2. The van der Waals surface area contributed by atoms with Crippen LogP contribution in [0.25, 0.3) is 0 Å². The highest BCUT2D eigenvalue weighted by Gasteiger charge is 2.30. The van der Waals surface area contributed by atoms with E-state index in [0.29, 0.717) is 0 Å². The fourth-order valence-corrected chi connectivity index (χ4v) is 3.36. The number of aromatic nitrogens is 1. The summed E-state index contributed by atoms with van der Waals surface area (Å²) in [5.74, 6) is -0.465. The Balaban J connectivity index is 1.69. The second kappa shape index (κ2) is 7.92. The molecule has 0 saturated carbocycles. The van der Waals surface area contributed by atoms with Crippen LogP contribution < -0.4 is 10.0 Å². The molecule has 0 atom stereocenters. The number of pyridine rings is 1. The molecular weight excluding hydrogens is 407 g/mol. The summed E-state index contributed by atoms with van der Waals surface area (Å²) in [6, 6.07) is 13.8. The van der Waals surface area contributed by atoms with E-state index in [9.17, 15) is 26.4 Å². The first-order chi connectivity index (χ1) is 13.6. The third kappa shape index (κ3) is 5.11. The number of alkyl halides is 3. The minimum absolute atomic E-state index is 0.0338. The van der Waals surface area contributed by atoms with Gasteiger partial charge in [-0.15, -0.1) is 0 Å². The van der Waals surface area contributed by atoms with Gasteiger partial charge in [-0.2, -0.15) is 13.2 Å². The average Bonchev–Trinajstić information content (AvgIpc) is 2.68. The molecule has 0 aliphatic rings. The van der Waals surface area contributed by atoms with Crippen molar-refractivity contribution in [2.75, 3.05) is 10.0 Å². The molecule has 3 rings (SSSR count). The van der Waals surface area contributed by atoms with Crippen LogP contribution >= 0.6 is 0 Å². The van der Waals surface area contributed by atoms with Gasteiger partial charge in [0.1, 0.15) is 5.82 Å². The third-order valence-corrected chi connectivity index (χ3v) is 5.17. The Hall–Kier alpha value is -3.40. The van der Waals surface area contributed by atoms with Crippen LogP contribution in [0.2, 0.25) is 0 Å². The number of amides is 1. The molecular formula is C19H14F3N3O3S. The molecule has 0 aliphatic carbocycles. The highest BCUT2D eigenvalue weighted by molar-refractivity contribution is 7.92. The number of halogens is 3. The maximum Gasteiger partial charge on any atom is 0.416 e. The lowest BCUT2D eigenvalue weighted by Crippen LogP contribution is -2.15. The first-order valence-electron chi connectivity index (χ1n) is 8.18. The molecule has 0 bridgehead atoms. The van der Waals surface area contributed by atoms with Gasteiger partial charge in [-0.05, 0) is 60.7 Å². The molecule has 1 heterocycles. The van der Waals surface area contributed by atoms with Crippen LogP contribution in [0, 0.1) is 0 Å². The minimum atomic E-state index is -4.49. The van der Waals surface area contributed by atoms with Crippen molar-refractivity contribution in [1.29, 1.82) is 0 Å². The molecule has 10 heteroatoms. The number of carbonyl (C=O) groups is 1. The number of nitrogens with one attached hydrogen (secondary N) is 2. The quantitative estimate of drug-likeness (QED) is 0.648.